The van der Waals surface area contributed by atoms with Crippen LogP contribution in [0.2, 0.25) is 0 Å². The maximum absolute atomic E-state index is 6.29. The number of unbranched alkanes of at least 4 members (excludes halogenated alkanes) is 7. The number of rotatable bonds is 12. The zero-order valence-electron chi connectivity index (χ0n) is 14.2. The Morgan fingerprint density at radius 2 is 1.43 bits per heavy atom. The van der Waals surface area contributed by atoms with E-state index < -0.39 is 0 Å². The molecule has 0 aromatic heterocycles. The van der Waals surface area contributed by atoms with Crippen LogP contribution in [0, 0.1) is 5.92 Å². The molecule has 0 radical (unpaired) electrons. The molecule has 1 rings (SSSR count). The molecule has 0 saturated carbocycles. The number of hydrogen-bond donors (Lipinski definition) is 1. The Bertz CT molecular complexity index is 333. The third-order valence-electron chi connectivity index (χ3n) is 4.43. The van der Waals surface area contributed by atoms with Crippen LogP contribution in [0.3, 0.4) is 0 Å². The summed E-state index contributed by atoms with van der Waals surface area (Å²) in [5.41, 5.74) is 7.57. The Labute approximate surface area is 132 Å². The van der Waals surface area contributed by atoms with Gasteiger partial charge in [0, 0.05) is 6.04 Å². The molecule has 0 aliphatic rings. The van der Waals surface area contributed by atoms with Crippen molar-refractivity contribution in [2.75, 3.05) is 0 Å². The van der Waals surface area contributed by atoms with Crippen LogP contribution in [-0.2, 0) is 0 Å². The molecule has 2 N–H and O–H groups in total. The summed E-state index contributed by atoms with van der Waals surface area (Å²) in [6.45, 7) is 4.63. The van der Waals surface area contributed by atoms with E-state index in [-0.39, 0.29) is 6.04 Å². The topological polar surface area (TPSA) is 26.0 Å². The molecule has 1 aromatic carbocycles. The van der Waals surface area contributed by atoms with Gasteiger partial charge in [0.1, 0.15) is 0 Å². The van der Waals surface area contributed by atoms with Crippen molar-refractivity contribution in [2.45, 2.75) is 84.1 Å². The molecule has 0 bridgehead atoms. The minimum Gasteiger partial charge on any atom is -0.324 e. The highest BCUT2D eigenvalue weighted by Crippen LogP contribution is 2.22. The molecule has 0 amide bonds. The van der Waals surface area contributed by atoms with E-state index in [1.807, 2.05) is 0 Å². The van der Waals surface area contributed by atoms with Gasteiger partial charge in [0.15, 0.2) is 0 Å². The highest BCUT2D eigenvalue weighted by atomic mass is 14.6. The van der Waals surface area contributed by atoms with Gasteiger partial charge in [-0.05, 0) is 17.9 Å². The van der Waals surface area contributed by atoms with Gasteiger partial charge in [-0.2, -0.15) is 0 Å². The third-order valence-corrected chi connectivity index (χ3v) is 4.43. The summed E-state index contributed by atoms with van der Waals surface area (Å²) in [7, 11) is 0. The van der Waals surface area contributed by atoms with Crippen molar-refractivity contribution in [1.29, 1.82) is 0 Å². The minimum absolute atomic E-state index is 0.204. The lowest BCUT2D eigenvalue weighted by molar-refractivity contribution is 0.420. The van der Waals surface area contributed by atoms with Crippen molar-refractivity contribution in [3.05, 3.63) is 35.9 Å². The molecular weight excluding hydrogens is 254 g/mol. The summed E-state index contributed by atoms with van der Waals surface area (Å²) in [6.07, 6.45) is 13.7. The zero-order chi connectivity index (χ0) is 15.3. The quantitative estimate of drug-likeness (QED) is 0.453. The summed E-state index contributed by atoms with van der Waals surface area (Å²) in [6, 6.07) is 10.7. The summed E-state index contributed by atoms with van der Waals surface area (Å²) in [5, 5.41) is 0. The van der Waals surface area contributed by atoms with Crippen LogP contribution in [0.4, 0.5) is 0 Å². The largest absolute Gasteiger partial charge is 0.324 e. The van der Waals surface area contributed by atoms with Gasteiger partial charge in [-0.15, -0.1) is 0 Å². The molecule has 1 aromatic rings. The maximum Gasteiger partial charge on any atom is 0.0297 e. The fourth-order valence-corrected chi connectivity index (χ4v) is 3.01. The Morgan fingerprint density at radius 3 is 2.05 bits per heavy atom. The Morgan fingerprint density at radius 1 is 0.857 bits per heavy atom. The van der Waals surface area contributed by atoms with Gasteiger partial charge >= 0.3 is 0 Å². The third kappa shape index (κ3) is 8.93. The van der Waals surface area contributed by atoms with Crippen molar-refractivity contribution in [3.63, 3.8) is 0 Å². The first-order chi connectivity index (χ1) is 10.2. The summed E-state index contributed by atoms with van der Waals surface area (Å²) in [4.78, 5) is 0. The van der Waals surface area contributed by atoms with E-state index >= 15 is 0 Å². The molecule has 2 atom stereocenters. The minimum atomic E-state index is 0.204. The lowest BCUT2D eigenvalue weighted by Crippen LogP contribution is -2.14. The van der Waals surface area contributed by atoms with Crippen LogP contribution in [0.15, 0.2) is 30.3 Å². The first kappa shape index (κ1) is 18.2. The average molecular weight is 290 g/mol. The lowest BCUT2D eigenvalue weighted by atomic mass is 9.92. The second-order valence-corrected chi connectivity index (χ2v) is 6.62. The Hall–Kier alpha value is -0.820. The highest BCUT2D eigenvalue weighted by Gasteiger charge is 2.10. The van der Waals surface area contributed by atoms with Gasteiger partial charge in [-0.3, -0.25) is 0 Å². The van der Waals surface area contributed by atoms with Crippen LogP contribution < -0.4 is 5.73 Å². The average Bonchev–Trinajstić information content (AvgIpc) is 2.50. The molecule has 0 aliphatic heterocycles. The molecule has 2 unspecified atom stereocenters. The van der Waals surface area contributed by atoms with E-state index in [1.54, 1.807) is 0 Å². The number of hydrogen-bond acceptors (Lipinski definition) is 1. The summed E-state index contributed by atoms with van der Waals surface area (Å²) < 4.78 is 0. The van der Waals surface area contributed by atoms with E-state index in [2.05, 4.69) is 44.2 Å². The van der Waals surface area contributed by atoms with Gasteiger partial charge < -0.3 is 5.73 Å². The second-order valence-electron chi connectivity index (χ2n) is 6.62. The van der Waals surface area contributed by atoms with Crippen LogP contribution >= 0.6 is 0 Å². The van der Waals surface area contributed by atoms with Gasteiger partial charge in [-0.1, -0.05) is 102 Å². The van der Waals surface area contributed by atoms with Crippen LogP contribution in [-0.4, -0.2) is 0 Å². The molecule has 0 spiro atoms. The van der Waals surface area contributed by atoms with Crippen LogP contribution in [0.5, 0.6) is 0 Å². The van der Waals surface area contributed by atoms with Crippen LogP contribution in [0.1, 0.15) is 89.7 Å². The lowest BCUT2D eigenvalue weighted by Gasteiger charge is -2.17. The number of benzene rings is 1. The zero-order valence-corrected chi connectivity index (χ0v) is 14.2. The van der Waals surface area contributed by atoms with Crippen molar-refractivity contribution >= 4 is 0 Å². The second kappa shape index (κ2) is 11.8. The molecule has 0 fully saturated rings. The first-order valence-electron chi connectivity index (χ1n) is 9.04. The van der Waals surface area contributed by atoms with Gasteiger partial charge in [-0.25, -0.2) is 0 Å². The van der Waals surface area contributed by atoms with Crippen LogP contribution in [0.25, 0.3) is 0 Å². The predicted molar refractivity (Wildman–Crippen MR) is 94.4 cm³/mol. The van der Waals surface area contributed by atoms with E-state index in [1.165, 1.54) is 63.4 Å². The number of nitrogens with two attached hydrogens (primary N) is 1. The molecule has 1 heteroatoms. The highest BCUT2D eigenvalue weighted by molar-refractivity contribution is 5.18. The van der Waals surface area contributed by atoms with E-state index in [0.717, 1.165) is 12.3 Å². The Kier molecular flexibility index (Phi) is 10.2. The SMILES string of the molecule is CCCCCCCCCCC(C)CC(N)c1ccccc1. The summed E-state index contributed by atoms with van der Waals surface area (Å²) in [5.74, 6) is 0.736. The maximum atomic E-state index is 6.29. The first-order valence-corrected chi connectivity index (χ1v) is 9.04. The van der Waals surface area contributed by atoms with Crippen molar-refractivity contribution in [1.82, 2.24) is 0 Å². The predicted octanol–water partition coefficient (Wildman–Crippen LogP) is 6.24. The van der Waals surface area contributed by atoms with E-state index in [4.69, 9.17) is 5.73 Å². The smallest absolute Gasteiger partial charge is 0.0297 e. The van der Waals surface area contributed by atoms with Gasteiger partial charge in [0.25, 0.3) is 0 Å². The van der Waals surface area contributed by atoms with Crippen molar-refractivity contribution in [3.8, 4) is 0 Å². The fourth-order valence-electron chi connectivity index (χ4n) is 3.01. The monoisotopic (exact) mass is 289 g/mol. The summed E-state index contributed by atoms with van der Waals surface area (Å²) >= 11 is 0. The van der Waals surface area contributed by atoms with Gasteiger partial charge in [0.05, 0.1) is 0 Å². The van der Waals surface area contributed by atoms with E-state index in [0.29, 0.717) is 0 Å². The molecule has 0 aliphatic carbocycles. The molecule has 0 heterocycles. The fraction of sp³-hybridized carbons (Fsp3) is 0.700. The van der Waals surface area contributed by atoms with Gasteiger partial charge in [0.2, 0.25) is 0 Å². The van der Waals surface area contributed by atoms with Crippen molar-refractivity contribution < 1.29 is 0 Å². The standard InChI is InChI=1S/C20H35N/c1-3-4-5-6-7-8-9-11-14-18(2)17-20(21)19-15-12-10-13-16-19/h10,12-13,15-16,18,20H,3-9,11,14,17,21H2,1-2H3. The molecule has 21 heavy (non-hydrogen) atoms. The molecule has 1 nitrogen and oxygen atoms in total. The van der Waals surface area contributed by atoms with Crippen molar-refractivity contribution in [2.24, 2.45) is 11.7 Å². The Balaban J connectivity index is 2.02. The molecular formula is C20H35N. The molecule has 0 saturated heterocycles. The normalized spacial score (nSPS) is 14.0. The van der Waals surface area contributed by atoms with E-state index in [9.17, 15) is 0 Å². The molecule has 120 valence electrons.